The Morgan fingerprint density at radius 2 is 2.00 bits per heavy atom. The van der Waals surface area contributed by atoms with Crippen LogP contribution in [-0.2, 0) is 4.79 Å². The zero-order valence-corrected chi connectivity index (χ0v) is 12.2. The summed E-state index contributed by atoms with van der Waals surface area (Å²) >= 11 is 0. The quantitative estimate of drug-likeness (QED) is 0.843. The van der Waals surface area contributed by atoms with E-state index in [0.717, 1.165) is 12.8 Å². The molecule has 3 N–H and O–H groups in total. The van der Waals surface area contributed by atoms with Crippen LogP contribution in [0.1, 0.15) is 44.2 Å². The van der Waals surface area contributed by atoms with E-state index in [0.29, 0.717) is 5.92 Å². The average Bonchev–Trinajstić information content (AvgIpc) is 3.21. The molecule has 1 fully saturated rings. The van der Waals surface area contributed by atoms with Crippen LogP contribution in [-0.4, -0.2) is 11.9 Å². The largest absolute Gasteiger partial charge is 0.348 e. The molecule has 2 rings (SSSR count). The molecule has 0 saturated heterocycles. The van der Waals surface area contributed by atoms with Crippen LogP contribution >= 0.6 is 12.4 Å². The van der Waals surface area contributed by atoms with Gasteiger partial charge in [0.05, 0.1) is 12.1 Å². The highest BCUT2D eigenvalue weighted by Gasteiger charge is 2.33. The SMILES string of the molecule is CCCC(N)C(=O)NC(c1ccccc1)C1CC1.Cl. The maximum absolute atomic E-state index is 12.0. The molecule has 1 aliphatic rings. The van der Waals surface area contributed by atoms with Crippen molar-refractivity contribution in [1.29, 1.82) is 0 Å². The van der Waals surface area contributed by atoms with E-state index in [1.54, 1.807) is 0 Å². The molecular formula is C15H23ClN2O. The molecule has 19 heavy (non-hydrogen) atoms. The van der Waals surface area contributed by atoms with E-state index >= 15 is 0 Å². The van der Waals surface area contributed by atoms with Crippen molar-refractivity contribution in [2.45, 2.75) is 44.7 Å². The summed E-state index contributed by atoms with van der Waals surface area (Å²) < 4.78 is 0. The molecule has 0 bridgehead atoms. The summed E-state index contributed by atoms with van der Waals surface area (Å²) in [4.78, 5) is 12.0. The number of halogens is 1. The van der Waals surface area contributed by atoms with Gasteiger partial charge in [0.1, 0.15) is 0 Å². The van der Waals surface area contributed by atoms with Gasteiger partial charge in [0.2, 0.25) is 5.91 Å². The van der Waals surface area contributed by atoms with E-state index in [2.05, 4.69) is 17.4 Å². The van der Waals surface area contributed by atoms with Gasteiger partial charge in [0, 0.05) is 0 Å². The summed E-state index contributed by atoms with van der Waals surface area (Å²) in [6.45, 7) is 2.04. The predicted molar refractivity (Wildman–Crippen MR) is 80.2 cm³/mol. The van der Waals surface area contributed by atoms with E-state index in [-0.39, 0.29) is 30.4 Å². The van der Waals surface area contributed by atoms with Gasteiger partial charge in [0.15, 0.2) is 0 Å². The van der Waals surface area contributed by atoms with Gasteiger partial charge in [0.25, 0.3) is 0 Å². The highest BCUT2D eigenvalue weighted by atomic mass is 35.5. The van der Waals surface area contributed by atoms with Crippen LogP contribution in [0.4, 0.5) is 0 Å². The molecule has 1 aromatic rings. The molecule has 106 valence electrons. The molecule has 0 aromatic heterocycles. The molecule has 0 heterocycles. The number of carbonyl (C=O) groups is 1. The summed E-state index contributed by atoms with van der Waals surface area (Å²) in [7, 11) is 0. The minimum Gasteiger partial charge on any atom is -0.348 e. The average molecular weight is 283 g/mol. The van der Waals surface area contributed by atoms with Crippen molar-refractivity contribution >= 4 is 18.3 Å². The molecule has 1 aromatic carbocycles. The fourth-order valence-electron chi connectivity index (χ4n) is 2.27. The molecule has 2 atom stereocenters. The Kier molecular flexibility index (Phi) is 6.32. The predicted octanol–water partition coefficient (Wildman–Crippen LogP) is 2.80. The number of carbonyl (C=O) groups excluding carboxylic acids is 1. The Hall–Kier alpha value is -1.06. The summed E-state index contributed by atoms with van der Waals surface area (Å²) in [6.07, 6.45) is 4.08. The molecule has 1 aliphatic carbocycles. The highest BCUT2D eigenvalue weighted by molar-refractivity contribution is 5.85. The first-order chi connectivity index (χ1) is 8.72. The molecule has 4 heteroatoms. The van der Waals surface area contributed by atoms with E-state index in [1.165, 1.54) is 18.4 Å². The second kappa shape index (κ2) is 7.51. The van der Waals surface area contributed by atoms with Gasteiger partial charge in [-0.05, 0) is 30.7 Å². The maximum atomic E-state index is 12.0. The van der Waals surface area contributed by atoms with Crippen molar-refractivity contribution in [2.24, 2.45) is 11.7 Å². The monoisotopic (exact) mass is 282 g/mol. The fourth-order valence-corrected chi connectivity index (χ4v) is 2.27. The smallest absolute Gasteiger partial charge is 0.237 e. The Labute approximate surface area is 121 Å². The second-order valence-corrected chi connectivity index (χ2v) is 5.13. The molecule has 0 radical (unpaired) electrons. The third kappa shape index (κ3) is 4.51. The van der Waals surface area contributed by atoms with Gasteiger partial charge >= 0.3 is 0 Å². The van der Waals surface area contributed by atoms with Crippen LogP contribution < -0.4 is 11.1 Å². The highest BCUT2D eigenvalue weighted by Crippen LogP contribution is 2.40. The maximum Gasteiger partial charge on any atom is 0.237 e. The molecule has 3 nitrogen and oxygen atoms in total. The lowest BCUT2D eigenvalue weighted by atomic mass is 10.0. The lowest BCUT2D eigenvalue weighted by molar-refractivity contribution is -0.123. The number of amides is 1. The number of nitrogens with two attached hydrogens (primary N) is 1. The van der Waals surface area contributed by atoms with Crippen molar-refractivity contribution in [3.05, 3.63) is 35.9 Å². The number of hydrogen-bond acceptors (Lipinski definition) is 2. The zero-order valence-electron chi connectivity index (χ0n) is 11.3. The standard InChI is InChI=1S/C15H22N2O.ClH/c1-2-6-13(16)15(18)17-14(12-9-10-12)11-7-4-3-5-8-11;/h3-5,7-8,12-14H,2,6,9-10,16H2,1H3,(H,17,18);1H. The summed E-state index contributed by atoms with van der Waals surface area (Å²) in [5.74, 6) is 0.572. The lowest BCUT2D eigenvalue weighted by Crippen LogP contribution is -2.42. The lowest BCUT2D eigenvalue weighted by Gasteiger charge is -2.21. The first-order valence-electron chi connectivity index (χ1n) is 6.83. The van der Waals surface area contributed by atoms with Gasteiger partial charge < -0.3 is 11.1 Å². The second-order valence-electron chi connectivity index (χ2n) is 5.13. The Morgan fingerprint density at radius 3 is 2.53 bits per heavy atom. The van der Waals surface area contributed by atoms with Crippen molar-refractivity contribution in [3.63, 3.8) is 0 Å². The first-order valence-corrected chi connectivity index (χ1v) is 6.83. The van der Waals surface area contributed by atoms with Crippen LogP contribution in [0.5, 0.6) is 0 Å². The van der Waals surface area contributed by atoms with Gasteiger partial charge in [-0.1, -0.05) is 43.7 Å². The van der Waals surface area contributed by atoms with Crippen LogP contribution in [0.25, 0.3) is 0 Å². The van der Waals surface area contributed by atoms with Gasteiger partial charge in [-0.3, -0.25) is 4.79 Å². The molecule has 1 saturated carbocycles. The van der Waals surface area contributed by atoms with Crippen molar-refractivity contribution in [2.75, 3.05) is 0 Å². The van der Waals surface area contributed by atoms with Gasteiger partial charge in [-0.25, -0.2) is 0 Å². The normalized spacial score (nSPS) is 17.2. The number of rotatable bonds is 6. The molecule has 2 unspecified atom stereocenters. The van der Waals surface area contributed by atoms with Crippen LogP contribution in [0, 0.1) is 5.92 Å². The first kappa shape index (κ1) is 16.0. The summed E-state index contributed by atoms with van der Waals surface area (Å²) in [5.41, 5.74) is 7.05. The third-order valence-electron chi connectivity index (χ3n) is 3.49. The Balaban J connectivity index is 0.00000180. The molecule has 0 spiro atoms. The summed E-state index contributed by atoms with van der Waals surface area (Å²) in [6, 6.07) is 9.95. The van der Waals surface area contributed by atoms with Crippen molar-refractivity contribution in [3.8, 4) is 0 Å². The zero-order chi connectivity index (χ0) is 13.0. The molecule has 0 aliphatic heterocycles. The van der Waals surface area contributed by atoms with E-state index in [4.69, 9.17) is 5.73 Å². The topological polar surface area (TPSA) is 55.1 Å². The van der Waals surface area contributed by atoms with Crippen LogP contribution in [0.3, 0.4) is 0 Å². The van der Waals surface area contributed by atoms with Crippen LogP contribution in [0.2, 0.25) is 0 Å². The van der Waals surface area contributed by atoms with E-state index in [1.807, 2.05) is 25.1 Å². The Morgan fingerprint density at radius 1 is 1.37 bits per heavy atom. The summed E-state index contributed by atoms with van der Waals surface area (Å²) in [5, 5.41) is 3.12. The van der Waals surface area contributed by atoms with Gasteiger partial charge in [-0.2, -0.15) is 0 Å². The minimum absolute atomic E-state index is 0. The minimum atomic E-state index is -0.375. The van der Waals surface area contributed by atoms with Crippen molar-refractivity contribution in [1.82, 2.24) is 5.32 Å². The number of nitrogens with one attached hydrogen (secondary N) is 1. The Bertz CT molecular complexity index is 392. The molecule has 1 amide bonds. The van der Waals surface area contributed by atoms with Crippen molar-refractivity contribution < 1.29 is 4.79 Å². The van der Waals surface area contributed by atoms with Crippen LogP contribution in [0.15, 0.2) is 30.3 Å². The molecular weight excluding hydrogens is 260 g/mol. The van der Waals surface area contributed by atoms with E-state index in [9.17, 15) is 4.79 Å². The van der Waals surface area contributed by atoms with E-state index < -0.39 is 0 Å². The van der Waals surface area contributed by atoms with Gasteiger partial charge in [-0.15, -0.1) is 12.4 Å². The fraction of sp³-hybridized carbons (Fsp3) is 0.533. The third-order valence-corrected chi connectivity index (χ3v) is 3.49. The number of hydrogen-bond donors (Lipinski definition) is 2. The number of benzene rings is 1.